The van der Waals surface area contributed by atoms with Crippen molar-refractivity contribution in [1.82, 2.24) is 20.1 Å². The summed E-state index contributed by atoms with van der Waals surface area (Å²) in [7, 11) is 0. The maximum absolute atomic E-state index is 12.8. The number of aromatic nitrogens is 3. The molecule has 0 fully saturated rings. The number of carbonyl (C=O) groups excluding carboxylic acids is 2. The second kappa shape index (κ2) is 12.6. The minimum atomic E-state index is -0.210. The Balaban J connectivity index is 1.47. The van der Waals surface area contributed by atoms with Crippen LogP contribution in [0.2, 0.25) is 5.02 Å². The Morgan fingerprint density at radius 2 is 1.79 bits per heavy atom. The fourth-order valence-electron chi connectivity index (χ4n) is 3.66. The normalized spacial score (nSPS) is 10.7. The van der Waals surface area contributed by atoms with Crippen LogP contribution in [0.15, 0.2) is 71.9 Å². The molecule has 196 valence electrons. The lowest BCUT2D eigenvalue weighted by Gasteiger charge is -2.12. The van der Waals surface area contributed by atoms with Gasteiger partial charge in [0.2, 0.25) is 5.91 Å². The number of thioether (sulfide) groups is 1. The first-order valence-corrected chi connectivity index (χ1v) is 13.4. The van der Waals surface area contributed by atoms with E-state index in [0.717, 1.165) is 22.6 Å². The Morgan fingerprint density at radius 3 is 2.50 bits per heavy atom. The Morgan fingerprint density at radius 1 is 1.00 bits per heavy atom. The van der Waals surface area contributed by atoms with Gasteiger partial charge in [-0.2, -0.15) is 0 Å². The van der Waals surface area contributed by atoms with Crippen LogP contribution < -0.4 is 15.4 Å². The lowest BCUT2D eigenvalue weighted by Crippen LogP contribution is -2.24. The number of nitrogens with one attached hydrogen (secondary N) is 2. The zero-order valence-corrected chi connectivity index (χ0v) is 22.9. The molecule has 3 aromatic carbocycles. The first-order chi connectivity index (χ1) is 18.3. The molecule has 2 N–H and O–H groups in total. The van der Waals surface area contributed by atoms with Gasteiger partial charge in [0.05, 0.1) is 24.6 Å². The molecule has 4 aromatic rings. The van der Waals surface area contributed by atoms with Crippen LogP contribution in [0.25, 0.3) is 5.69 Å². The van der Waals surface area contributed by atoms with E-state index < -0.39 is 0 Å². The fourth-order valence-corrected chi connectivity index (χ4v) is 4.61. The summed E-state index contributed by atoms with van der Waals surface area (Å²) < 4.78 is 7.23. The predicted molar refractivity (Wildman–Crippen MR) is 150 cm³/mol. The van der Waals surface area contributed by atoms with Gasteiger partial charge in [0, 0.05) is 16.3 Å². The average Bonchev–Trinajstić information content (AvgIpc) is 3.32. The highest BCUT2D eigenvalue weighted by atomic mass is 35.5. The number of halogens is 1. The summed E-state index contributed by atoms with van der Waals surface area (Å²) in [5.41, 5.74) is 4.14. The lowest BCUT2D eigenvalue weighted by molar-refractivity contribution is -0.113. The van der Waals surface area contributed by atoms with E-state index in [1.54, 1.807) is 47.0 Å². The van der Waals surface area contributed by atoms with Crippen LogP contribution in [0.1, 0.15) is 34.2 Å². The van der Waals surface area contributed by atoms with Gasteiger partial charge in [0.1, 0.15) is 5.75 Å². The van der Waals surface area contributed by atoms with Gasteiger partial charge in [0.25, 0.3) is 5.91 Å². The van der Waals surface area contributed by atoms with Crippen LogP contribution in [-0.4, -0.2) is 38.9 Å². The standard InChI is InChI=1S/C28H28ClN5O3S/c1-4-37-24-12-10-22(11-13-24)31-26(35)17-38-28-33-32-25(34(28)23-7-5-6-21(29)15-23)16-30-27(36)20-9-8-18(2)19(3)14-20/h5-15H,4,16-17H2,1-3H3,(H,30,36)(H,31,35). The van der Waals surface area contributed by atoms with Crippen LogP contribution >= 0.6 is 23.4 Å². The topological polar surface area (TPSA) is 98.1 Å². The third-order valence-electron chi connectivity index (χ3n) is 5.72. The fraction of sp³-hybridized carbons (Fsp3) is 0.214. The molecule has 0 bridgehead atoms. The van der Waals surface area contributed by atoms with Gasteiger partial charge in [-0.05, 0) is 86.5 Å². The number of aryl methyl sites for hydroxylation is 2. The van der Waals surface area contributed by atoms with Crippen molar-refractivity contribution in [2.45, 2.75) is 32.5 Å². The number of anilines is 1. The van der Waals surface area contributed by atoms with Crippen molar-refractivity contribution in [2.75, 3.05) is 17.7 Å². The quantitative estimate of drug-likeness (QED) is 0.250. The summed E-state index contributed by atoms with van der Waals surface area (Å²) >= 11 is 7.48. The summed E-state index contributed by atoms with van der Waals surface area (Å²) in [6.07, 6.45) is 0. The molecular formula is C28H28ClN5O3S. The second-order valence-electron chi connectivity index (χ2n) is 8.49. The summed E-state index contributed by atoms with van der Waals surface area (Å²) in [6, 6.07) is 20.0. The van der Waals surface area contributed by atoms with E-state index in [1.165, 1.54) is 11.8 Å². The van der Waals surface area contributed by atoms with E-state index >= 15 is 0 Å². The molecule has 0 unspecified atom stereocenters. The van der Waals surface area contributed by atoms with Gasteiger partial charge in [-0.3, -0.25) is 14.2 Å². The monoisotopic (exact) mass is 549 g/mol. The smallest absolute Gasteiger partial charge is 0.251 e. The van der Waals surface area contributed by atoms with Crippen molar-refractivity contribution >= 4 is 40.9 Å². The van der Waals surface area contributed by atoms with Gasteiger partial charge < -0.3 is 15.4 Å². The predicted octanol–water partition coefficient (Wildman–Crippen LogP) is 5.60. The first kappa shape index (κ1) is 27.2. The van der Waals surface area contributed by atoms with Crippen molar-refractivity contribution in [3.8, 4) is 11.4 Å². The van der Waals surface area contributed by atoms with Gasteiger partial charge in [0.15, 0.2) is 11.0 Å². The third kappa shape index (κ3) is 6.93. The third-order valence-corrected chi connectivity index (χ3v) is 6.89. The van der Waals surface area contributed by atoms with Crippen molar-refractivity contribution in [1.29, 1.82) is 0 Å². The molecule has 0 aliphatic rings. The van der Waals surface area contributed by atoms with E-state index in [-0.39, 0.29) is 24.1 Å². The summed E-state index contributed by atoms with van der Waals surface area (Å²) in [5.74, 6) is 0.966. The van der Waals surface area contributed by atoms with Crippen LogP contribution in [0.3, 0.4) is 0 Å². The first-order valence-electron chi connectivity index (χ1n) is 12.0. The number of hydrogen-bond acceptors (Lipinski definition) is 6. The van der Waals surface area contributed by atoms with Crippen LogP contribution in [-0.2, 0) is 11.3 Å². The van der Waals surface area contributed by atoms with Crippen LogP contribution in [0.4, 0.5) is 5.69 Å². The highest BCUT2D eigenvalue weighted by Crippen LogP contribution is 2.25. The molecule has 0 saturated heterocycles. The number of amides is 2. The number of nitrogens with zero attached hydrogens (tertiary/aromatic N) is 3. The Hall–Kier alpha value is -3.82. The largest absolute Gasteiger partial charge is 0.494 e. The van der Waals surface area contributed by atoms with Crippen molar-refractivity contribution < 1.29 is 14.3 Å². The number of rotatable bonds is 10. The molecule has 0 saturated carbocycles. The SMILES string of the molecule is CCOc1ccc(NC(=O)CSc2nnc(CNC(=O)c3ccc(C)c(C)c3)n2-c2cccc(Cl)c2)cc1. The highest BCUT2D eigenvalue weighted by molar-refractivity contribution is 7.99. The minimum absolute atomic E-state index is 0.112. The van der Waals surface area contributed by atoms with Gasteiger partial charge >= 0.3 is 0 Å². The number of hydrogen-bond donors (Lipinski definition) is 2. The zero-order chi connectivity index (χ0) is 27.1. The molecule has 10 heteroatoms. The summed E-state index contributed by atoms with van der Waals surface area (Å²) in [6.45, 7) is 6.61. The molecule has 8 nitrogen and oxygen atoms in total. The Labute approximate surface area is 230 Å². The molecule has 38 heavy (non-hydrogen) atoms. The number of benzene rings is 3. The van der Waals surface area contributed by atoms with E-state index in [1.807, 2.05) is 45.0 Å². The van der Waals surface area contributed by atoms with E-state index in [9.17, 15) is 9.59 Å². The van der Waals surface area contributed by atoms with E-state index in [2.05, 4.69) is 20.8 Å². The van der Waals surface area contributed by atoms with Gasteiger partial charge in [-0.1, -0.05) is 35.5 Å². The molecule has 0 spiro atoms. The molecule has 1 aromatic heterocycles. The highest BCUT2D eigenvalue weighted by Gasteiger charge is 2.18. The average molecular weight is 550 g/mol. The molecule has 1 heterocycles. The maximum atomic E-state index is 12.8. The van der Waals surface area contributed by atoms with E-state index in [0.29, 0.717) is 33.9 Å². The van der Waals surface area contributed by atoms with E-state index in [4.69, 9.17) is 16.3 Å². The summed E-state index contributed by atoms with van der Waals surface area (Å²) in [4.78, 5) is 25.4. The molecular weight excluding hydrogens is 522 g/mol. The van der Waals surface area contributed by atoms with Crippen molar-refractivity contribution in [2.24, 2.45) is 0 Å². The van der Waals surface area contributed by atoms with Gasteiger partial charge in [-0.15, -0.1) is 10.2 Å². The molecule has 0 aliphatic carbocycles. The van der Waals surface area contributed by atoms with Crippen molar-refractivity contribution in [3.05, 3.63) is 94.3 Å². The van der Waals surface area contributed by atoms with Crippen LogP contribution in [0, 0.1) is 13.8 Å². The zero-order valence-electron chi connectivity index (χ0n) is 21.3. The second-order valence-corrected chi connectivity index (χ2v) is 9.87. The number of ether oxygens (including phenoxy) is 1. The number of carbonyl (C=O) groups is 2. The Kier molecular flexibility index (Phi) is 9.04. The van der Waals surface area contributed by atoms with Gasteiger partial charge in [-0.25, -0.2) is 0 Å². The van der Waals surface area contributed by atoms with Crippen LogP contribution in [0.5, 0.6) is 5.75 Å². The maximum Gasteiger partial charge on any atom is 0.251 e. The van der Waals surface area contributed by atoms with Crippen molar-refractivity contribution in [3.63, 3.8) is 0 Å². The Bertz CT molecular complexity index is 1440. The molecule has 2 amide bonds. The molecule has 0 aliphatic heterocycles. The minimum Gasteiger partial charge on any atom is -0.494 e. The molecule has 4 rings (SSSR count). The molecule has 0 radical (unpaired) electrons. The summed E-state index contributed by atoms with van der Waals surface area (Å²) in [5, 5.41) is 15.4. The lowest BCUT2D eigenvalue weighted by atomic mass is 10.1. The molecule has 0 atom stereocenters.